The third kappa shape index (κ3) is 3.60. The molecule has 0 N–H and O–H groups in total. The number of hydrogen-bond donors (Lipinski definition) is 0. The zero-order chi connectivity index (χ0) is 22.4. The zero-order valence-corrected chi connectivity index (χ0v) is 19.2. The average Bonchev–Trinajstić information content (AvgIpc) is 3.31. The lowest BCUT2D eigenvalue weighted by Crippen LogP contribution is -2.25. The second-order valence-electron chi connectivity index (χ2n) is 9.17. The van der Waals surface area contributed by atoms with Gasteiger partial charge < -0.3 is 9.47 Å². The highest BCUT2D eigenvalue weighted by Crippen LogP contribution is 2.35. The number of benzene rings is 3. The molecule has 1 saturated heterocycles. The van der Waals surface area contributed by atoms with E-state index in [1.165, 1.54) is 22.3 Å². The quantitative estimate of drug-likeness (QED) is 0.414. The Kier molecular flexibility index (Phi) is 5.09. The number of aromatic nitrogens is 2. The first-order valence-corrected chi connectivity index (χ1v) is 11.3. The highest BCUT2D eigenvalue weighted by molar-refractivity contribution is 5.97. The van der Waals surface area contributed by atoms with Gasteiger partial charge in [0.25, 0.3) is 0 Å². The summed E-state index contributed by atoms with van der Waals surface area (Å²) in [7, 11) is 0. The van der Waals surface area contributed by atoms with Crippen molar-refractivity contribution < 1.29 is 4.79 Å². The SMILES string of the molecule is Cc1ccc(N2C[C@H](c3nc4ccccc4n3Cc3cc(C)ccc3C)CC2=O)c(C)c1. The monoisotopic (exact) mass is 423 g/mol. The molecule has 0 spiro atoms. The van der Waals surface area contributed by atoms with Crippen LogP contribution < -0.4 is 4.90 Å². The van der Waals surface area contributed by atoms with Crippen molar-refractivity contribution in [1.82, 2.24) is 9.55 Å². The van der Waals surface area contributed by atoms with Crippen molar-refractivity contribution >= 4 is 22.6 Å². The third-order valence-electron chi connectivity index (χ3n) is 6.65. The van der Waals surface area contributed by atoms with Gasteiger partial charge in [0.05, 0.1) is 11.0 Å². The Morgan fingerprint density at radius 1 is 0.906 bits per heavy atom. The maximum Gasteiger partial charge on any atom is 0.227 e. The summed E-state index contributed by atoms with van der Waals surface area (Å²) in [4.78, 5) is 20.0. The van der Waals surface area contributed by atoms with Crippen LogP contribution >= 0.6 is 0 Å². The molecule has 1 fully saturated rings. The number of carbonyl (C=O) groups is 1. The van der Waals surface area contributed by atoms with Crippen LogP contribution in [0.15, 0.2) is 60.7 Å². The lowest BCUT2D eigenvalue weighted by Gasteiger charge is -2.20. The molecule has 0 radical (unpaired) electrons. The van der Waals surface area contributed by atoms with Gasteiger partial charge in [-0.3, -0.25) is 4.79 Å². The summed E-state index contributed by atoms with van der Waals surface area (Å²) in [6, 6.07) is 21.2. The fourth-order valence-electron chi connectivity index (χ4n) is 4.93. The minimum Gasteiger partial charge on any atom is -0.323 e. The normalized spacial score (nSPS) is 16.3. The number of hydrogen-bond acceptors (Lipinski definition) is 2. The van der Waals surface area contributed by atoms with E-state index in [0.29, 0.717) is 13.0 Å². The number of nitrogens with zero attached hydrogens (tertiary/aromatic N) is 3. The predicted molar refractivity (Wildman–Crippen MR) is 130 cm³/mol. The van der Waals surface area contributed by atoms with Gasteiger partial charge in [0, 0.05) is 31.1 Å². The summed E-state index contributed by atoms with van der Waals surface area (Å²) in [6.07, 6.45) is 0.490. The van der Waals surface area contributed by atoms with Gasteiger partial charge in [0.1, 0.15) is 5.82 Å². The Bertz CT molecular complexity index is 1330. The van der Waals surface area contributed by atoms with Crippen LogP contribution in [0.4, 0.5) is 5.69 Å². The molecule has 162 valence electrons. The van der Waals surface area contributed by atoms with Gasteiger partial charge in [-0.05, 0) is 62.6 Å². The molecule has 4 aromatic rings. The third-order valence-corrected chi connectivity index (χ3v) is 6.65. The van der Waals surface area contributed by atoms with E-state index < -0.39 is 0 Å². The molecule has 5 rings (SSSR count). The van der Waals surface area contributed by atoms with Crippen LogP contribution in [-0.2, 0) is 11.3 Å². The van der Waals surface area contributed by atoms with Gasteiger partial charge in [-0.2, -0.15) is 0 Å². The van der Waals surface area contributed by atoms with Crippen molar-refractivity contribution in [2.75, 3.05) is 11.4 Å². The summed E-state index contributed by atoms with van der Waals surface area (Å²) in [6.45, 7) is 9.89. The van der Waals surface area contributed by atoms with Crippen molar-refractivity contribution in [2.45, 2.75) is 46.6 Å². The maximum absolute atomic E-state index is 13.1. The highest BCUT2D eigenvalue weighted by Gasteiger charge is 2.35. The van der Waals surface area contributed by atoms with Crippen molar-refractivity contribution in [1.29, 1.82) is 0 Å². The lowest BCUT2D eigenvalue weighted by atomic mass is 10.0. The van der Waals surface area contributed by atoms with Gasteiger partial charge in [-0.15, -0.1) is 0 Å². The van der Waals surface area contributed by atoms with Crippen molar-refractivity contribution in [3.05, 3.63) is 94.3 Å². The molecule has 1 aliphatic heterocycles. The molecule has 3 aromatic carbocycles. The first-order chi connectivity index (χ1) is 15.4. The molecule has 0 bridgehead atoms. The fourth-order valence-corrected chi connectivity index (χ4v) is 4.93. The van der Waals surface area contributed by atoms with Crippen molar-refractivity contribution in [2.24, 2.45) is 0 Å². The molecule has 0 saturated carbocycles. The zero-order valence-electron chi connectivity index (χ0n) is 19.2. The molecule has 0 unspecified atom stereocenters. The van der Waals surface area contributed by atoms with E-state index in [1.54, 1.807) is 0 Å². The largest absolute Gasteiger partial charge is 0.323 e. The molecular weight excluding hydrogens is 394 g/mol. The van der Waals surface area contributed by atoms with Crippen molar-refractivity contribution in [3.63, 3.8) is 0 Å². The molecule has 1 aliphatic rings. The standard InChI is InChI=1S/C28H29N3O/c1-18-10-12-25(21(4)13-18)30-17-23(15-27(30)32)28-29-24-7-5-6-8-26(24)31(28)16-22-14-19(2)9-11-20(22)3/h5-14,23H,15-17H2,1-4H3/t23-/m1/s1. The van der Waals surface area contributed by atoms with Gasteiger partial charge in [-0.25, -0.2) is 4.98 Å². The first kappa shape index (κ1) is 20.5. The molecule has 4 nitrogen and oxygen atoms in total. The van der Waals surface area contributed by atoms with Gasteiger partial charge in [-0.1, -0.05) is 53.6 Å². The molecule has 1 aromatic heterocycles. The van der Waals surface area contributed by atoms with Gasteiger partial charge in [0.15, 0.2) is 0 Å². The van der Waals surface area contributed by atoms with E-state index in [2.05, 4.69) is 86.9 Å². The number of para-hydroxylation sites is 2. The topological polar surface area (TPSA) is 38.1 Å². The van der Waals surface area contributed by atoms with E-state index in [9.17, 15) is 4.79 Å². The Morgan fingerprint density at radius 3 is 2.47 bits per heavy atom. The minimum atomic E-state index is 0.0701. The number of anilines is 1. The number of carbonyl (C=O) groups excluding carboxylic acids is 1. The summed E-state index contributed by atoms with van der Waals surface area (Å²) < 4.78 is 2.32. The number of imidazole rings is 1. The number of aryl methyl sites for hydroxylation is 4. The maximum atomic E-state index is 13.1. The van der Waals surface area contributed by atoms with Gasteiger partial charge >= 0.3 is 0 Å². The summed E-state index contributed by atoms with van der Waals surface area (Å²) in [5.41, 5.74) is 9.32. The smallest absolute Gasteiger partial charge is 0.227 e. The molecule has 32 heavy (non-hydrogen) atoms. The molecule has 1 atom stereocenters. The molecular formula is C28H29N3O. The van der Waals surface area contributed by atoms with E-state index in [-0.39, 0.29) is 11.8 Å². The minimum absolute atomic E-state index is 0.0701. The Hall–Kier alpha value is -3.40. The summed E-state index contributed by atoms with van der Waals surface area (Å²) >= 11 is 0. The Morgan fingerprint density at radius 2 is 1.66 bits per heavy atom. The summed E-state index contributed by atoms with van der Waals surface area (Å²) in [5.74, 6) is 1.25. The van der Waals surface area contributed by atoms with Crippen LogP contribution in [0, 0.1) is 27.7 Å². The molecule has 2 heterocycles. The van der Waals surface area contributed by atoms with E-state index in [4.69, 9.17) is 4.98 Å². The van der Waals surface area contributed by atoms with Crippen LogP contribution in [0.2, 0.25) is 0 Å². The van der Waals surface area contributed by atoms with E-state index in [1.807, 2.05) is 11.0 Å². The Labute approximate surface area is 189 Å². The average molecular weight is 424 g/mol. The number of amides is 1. The summed E-state index contributed by atoms with van der Waals surface area (Å²) in [5, 5.41) is 0. The number of rotatable bonds is 4. The molecule has 0 aliphatic carbocycles. The predicted octanol–water partition coefficient (Wildman–Crippen LogP) is 5.84. The van der Waals surface area contributed by atoms with Crippen LogP contribution in [0.3, 0.4) is 0 Å². The Balaban J connectivity index is 1.55. The molecule has 1 amide bonds. The van der Waals surface area contributed by atoms with Crippen LogP contribution in [-0.4, -0.2) is 22.0 Å². The second kappa shape index (κ2) is 7.94. The number of fused-ring (bicyclic) bond motifs is 1. The van der Waals surface area contributed by atoms with Crippen LogP contribution in [0.25, 0.3) is 11.0 Å². The lowest BCUT2D eigenvalue weighted by molar-refractivity contribution is -0.117. The van der Waals surface area contributed by atoms with Crippen LogP contribution in [0.5, 0.6) is 0 Å². The van der Waals surface area contributed by atoms with Crippen LogP contribution in [0.1, 0.15) is 46.0 Å². The second-order valence-corrected chi connectivity index (χ2v) is 9.17. The first-order valence-electron chi connectivity index (χ1n) is 11.3. The van der Waals surface area contributed by atoms with Gasteiger partial charge in [0.2, 0.25) is 5.91 Å². The molecule has 4 heteroatoms. The van der Waals surface area contributed by atoms with E-state index in [0.717, 1.165) is 34.7 Å². The van der Waals surface area contributed by atoms with Crippen molar-refractivity contribution in [3.8, 4) is 0 Å². The highest BCUT2D eigenvalue weighted by atomic mass is 16.2. The fraction of sp³-hybridized carbons (Fsp3) is 0.286. The van der Waals surface area contributed by atoms with E-state index >= 15 is 0 Å².